The molecule has 0 saturated carbocycles. The molecule has 1 aliphatic heterocycles. The molecule has 0 aromatic carbocycles. The van der Waals surface area contributed by atoms with Crippen molar-refractivity contribution >= 4 is 5.97 Å². The first-order chi connectivity index (χ1) is 7.77. The van der Waals surface area contributed by atoms with Crippen LogP contribution in [0, 0.1) is 0 Å². The molecule has 0 amide bonds. The van der Waals surface area contributed by atoms with E-state index in [0.29, 0.717) is 18.3 Å². The van der Waals surface area contributed by atoms with Gasteiger partial charge in [-0.3, -0.25) is 4.79 Å². The molecule has 1 saturated heterocycles. The fourth-order valence-corrected chi connectivity index (χ4v) is 1.82. The lowest BCUT2D eigenvalue weighted by Gasteiger charge is -2.14. The number of nitrogens with zero attached hydrogens (tertiary/aromatic N) is 2. The molecule has 6 heteroatoms. The van der Waals surface area contributed by atoms with Crippen molar-refractivity contribution in [2.24, 2.45) is 0 Å². The molecule has 0 bridgehead atoms. The van der Waals surface area contributed by atoms with Gasteiger partial charge >= 0.3 is 5.97 Å². The number of H-pyrrole nitrogens is 1. The highest BCUT2D eigenvalue weighted by Crippen LogP contribution is 2.12. The van der Waals surface area contributed by atoms with E-state index in [-0.39, 0.29) is 0 Å². The minimum atomic E-state index is -0.852. The van der Waals surface area contributed by atoms with Crippen LogP contribution in [0.1, 0.15) is 18.0 Å². The van der Waals surface area contributed by atoms with Crippen LogP contribution in [0.3, 0.4) is 0 Å². The van der Waals surface area contributed by atoms with Crippen molar-refractivity contribution in [3.05, 3.63) is 18.2 Å². The number of aliphatic carboxylic acids is 1. The molecule has 87 valence electrons. The molecule has 1 aliphatic rings. The molecule has 16 heavy (non-hydrogen) atoms. The molecule has 2 rings (SSSR count). The number of aromatic amines is 1. The quantitative estimate of drug-likeness (QED) is 0.630. The Kier molecular flexibility index (Phi) is 3.53. The summed E-state index contributed by atoms with van der Waals surface area (Å²) in [5, 5.41) is 16.5. The number of nitrogens with one attached hydrogen (secondary N) is 2. The van der Waals surface area contributed by atoms with E-state index in [2.05, 4.69) is 20.6 Å². The van der Waals surface area contributed by atoms with E-state index in [0.717, 1.165) is 19.5 Å². The van der Waals surface area contributed by atoms with Crippen molar-refractivity contribution in [2.45, 2.75) is 18.4 Å². The minimum Gasteiger partial charge on any atom is -0.481 e. The molecule has 1 aromatic heterocycles. The third-order valence-corrected chi connectivity index (χ3v) is 2.77. The molecule has 3 N–H and O–H groups in total. The largest absolute Gasteiger partial charge is 0.481 e. The predicted molar refractivity (Wildman–Crippen MR) is 57.2 cm³/mol. The van der Waals surface area contributed by atoms with Gasteiger partial charge in [-0.1, -0.05) is 0 Å². The van der Waals surface area contributed by atoms with Crippen molar-refractivity contribution in [1.29, 1.82) is 0 Å². The standard InChI is InChI=1S/C10H15N4O2/c15-10(16)8(9-5-12-6-14-9)4-13-7-1-2-11-3-7/h5-8,13H,1-4H2,(H,12,14)(H,15,16). The zero-order chi connectivity index (χ0) is 11.4. The van der Waals surface area contributed by atoms with Gasteiger partial charge < -0.3 is 15.4 Å². The SMILES string of the molecule is O=C(O)C(CNC1CC[N]C1)c1c[nH]cn1. The van der Waals surface area contributed by atoms with Gasteiger partial charge in [-0.05, 0) is 6.42 Å². The molecule has 1 radical (unpaired) electrons. The Balaban J connectivity index is 1.90. The zero-order valence-electron chi connectivity index (χ0n) is 8.89. The van der Waals surface area contributed by atoms with E-state index >= 15 is 0 Å². The van der Waals surface area contributed by atoms with Gasteiger partial charge in [0, 0.05) is 31.9 Å². The number of rotatable bonds is 5. The maximum atomic E-state index is 11.1. The lowest BCUT2D eigenvalue weighted by molar-refractivity contribution is -0.138. The monoisotopic (exact) mass is 223 g/mol. The number of aromatic nitrogens is 2. The van der Waals surface area contributed by atoms with Crippen LogP contribution in [0.4, 0.5) is 0 Å². The van der Waals surface area contributed by atoms with E-state index in [4.69, 9.17) is 5.11 Å². The van der Waals surface area contributed by atoms with Gasteiger partial charge in [0.1, 0.15) is 5.92 Å². The molecular weight excluding hydrogens is 208 g/mol. The van der Waals surface area contributed by atoms with Crippen LogP contribution < -0.4 is 10.6 Å². The lowest BCUT2D eigenvalue weighted by Crippen LogP contribution is -2.35. The van der Waals surface area contributed by atoms with Crippen LogP contribution in [-0.4, -0.2) is 46.7 Å². The summed E-state index contributed by atoms with van der Waals surface area (Å²) in [6.07, 6.45) is 4.11. The minimum absolute atomic E-state index is 0.320. The van der Waals surface area contributed by atoms with Crippen molar-refractivity contribution < 1.29 is 9.90 Å². The summed E-state index contributed by atoms with van der Waals surface area (Å²) in [6, 6.07) is 0.320. The molecule has 0 spiro atoms. The second-order valence-corrected chi connectivity index (χ2v) is 3.91. The molecule has 2 heterocycles. The maximum absolute atomic E-state index is 11.1. The third kappa shape index (κ3) is 2.59. The van der Waals surface area contributed by atoms with Crippen LogP contribution in [0.5, 0.6) is 0 Å². The second-order valence-electron chi connectivity index (χ2n) is 3.91. The molecule has 1 fully saturated rings. The van der Waals surface area contributed by atoms with Gasteiger partial charge in [-0.2, -0.15) is 0 Å². The fourth-order valence-electron chi connectivity index (χ4n) is 1.82. The molecule has 2 unspecified atom stereocenters. The van der Waals surface area contributed by atoms with E-state index in [1.54, 1.807) is 6.20 Å². The van der Waals surface area contributed by atoms with Crippen molar-refractivity contribution in [1.82, 2.24) is 20.6 Å². The maximum Gasteiger partial charge on any atom is 0.313 e. The summed E-state index contributed by atoms with van der Waals surface area (Å²) < 4.78 is 0. The van der Waals surface area contributed by atoms with Crippen LogP contribution in [0.2, 0.25) is 0 Å². The van der Waals surface area contributed by atoms with Crippen LogP contribution in [-0.2, 0) is 4.79 Å². The van der Waals surface area contributed by atoms with Gasteiger partial charge in [-0.25, -0.2) is 10.3 Å². The Morgan fingerprint density at radius 1 is 1.75 bits per heavy atom. The molecular formula is C10H15N4O2. The Morgan fingerprint density at radius 3 is 3.19 bits per heavy atom. The number of carbonyl (C=O) groups is 1. The van der Waals surface area contributed by atoms with Crippen molar-refractivity contribution in [3.63, 3.8) is 0 Å². The van der Waals surface area contributed by atoms with Crippen LogP contribution in [0.15, 0.2) is 12.5 Å². The average Bonchev–Trinajstić information content (AvgIpc) is 2.88. The fraction of sp³-hybridized carbons (Fsp3) is 0.600. The number of hydrogen-bond acceptors (Lipinski definition) is 3. The first-order valence-electron chi connectivity index (χ1n) is 5.35. The number of carboxylic acid groups (broad SMARTS) is 1. The van der Waals surface area contributed by atoms with Crippen molar-refractivity contribution in [3.8, 4) is 0 Å². The first kappa shape index (κ1) is 11.1. The highest BCUT2D eigenvalue weighted by Gasteiger charge is 2.24. The zero-order valence-corrected chi connectivity index (χ0v) is 8.89. The summed E-state index contributed by atoms with van der Waals surface area (Å²) in [6.45, 7) is 2.06. The Bertz CT molecular complexity index is 333. The predicted octanol–water partition coefficient (Wildman–Crippen LogP) is -0.456. The lowest BCUT2D eigenvalue weighted by atomic mass is 10.1. The molecule has 0 aliphatic carbocycles. The number of hydrogen-bond donors (Lipinski definition) is 3. The average molecular weight is 223 g/mol. The summed E-state index contributed by atoms with van der Waals surface area (Å²) in [7, 11) is 0. The highest BCUT2D eigenvalue weighted by atomic mass is 16.4. The number of carboxylic acids is 1. The van der Waals surface area contributed by atoms with Gasteiger partial charge in [0.25, 0.3) is 0 Å². The van der Waals surface area contributed by atoms with Gasteiger partial charge in [0.2, 0.25) is 0 Å². The van der Waals surface area contributed by atoms with E-state index in [9.17, 15) is 4.79 Å². The molecule has 6 nitrogen and oxygen atoms in total. The summed E-state index contributed by atoms with van der Waals surface area (Å²) >= 11 is 0. The Hall–Kier alpha value is -1.40. The molecule has 1 aromatic rings. The van der Waals surface area contributed by atoms with E-state index in [1.165, 1.54) is 6.33 Å². The Morgan fingerprint density at radius 2 is 2.62 bits per heavy atom. The van der Waals surface area contributed by atoms with Crippen LogP contribution >= 0.6 is 0 Å². The summed E-state index contributed by atoms with van der Waals surface area (Å²) in [4.78, 5) is 17.8. The first-order valence-corrected chi connectivity index (χ1v) is 5.35. The van der Waals surface area contributed by atoms with Gasteiger partial charge in [0.05, 0.1) is 12.0 Å². The highest BCUT2D eigenvalue weighted by molar-refractivity contribution is 5.75. The second kappa shape index (κ2) is 5.09. The number of imidazole rings is 1. The molecule has 2 atom stereocenters. The normalized spacial score (nSPS) is 22.1. The van der Waals surface area contributed by atoms with Gasteiger partial charge in [-0.15, -0.1) is 0 Å². The topological polar surface area (TPSA) is 92.1 Å². The third-order valence-electron chi connectivity index (χ3n) is 2.77. The summed E-state index contributed by atoms with van der Waals surface area (Å²) in [5.41, 5.74) is 0.565. The van der Waals surface area contributed by atoms with Gasteiger partial charge in [0.15, 0.2) is 0 Å². The Labute approximate surface area is 93.5 Å². The van der Waals surface area contributed by atoms with E-state index < -0.39 is 11.9 Å². The summed E-state index contributed by atoms with van der Waals surface area (Å²) in [5.74, 6) is -1.44. The van der Waals surface area contributed by atoms with Crippen LogP contribution in [0.25, 0.3) is 0 Å². The smallest absolute Gasteiger partial charge is 0.313 e. The van der Waals surface area contributed by atoms with Crippen molar-refractivity contribution in [2.75, 3.05) is 19.6 Å². The van der Waals surface area contributed by atoms with E-state index in [1.807, 2.05) is 0 Å².